The standard InChI is InChI=1S/C30H30F7N3O2/c1-17-7-5-6-8-23(17)24-13-26(40-15-21(31)12-22(40)16-41)38-14-25(24)39(4)27(42)28(2,3)18-9-19(29(32,33)34)11-20(10-18)30(35,36)37/h5-11,13-14,21-22,41H,12,15-16H2,1-4H3. The Hall–Kier alpha value is -3.67. The fourth-order valence-corrected chi connectivity index (χ4v) is 5.23. The summed E-state index contributed by atoms with van der Waals surface area (Å²) in [5.74, 6) is -0.429. The number of aliphatic hydroxyl groups is 1. The predicted molar refractivity (Wildman–Crippen MR) is 145 cm³/mol. The molecular weight excluding hydrogens is 567 g/mol. The van der Waals surface area contributed by atoms with Crippen molar-refractivity contribution in [3.05, 3.63) is 77.0 Å². The minimum Gasteiger partial charge on any atom is -0.394 e. The second-order valence-electron chi connectivity index (χ2n) is 11.0. The van der Waals surface area contributed by atoms with Crippen molar-refractivity contribution in [1.82, 2.24) is 4.98 Å². The first kappa shape index (κ1) is 31.3. The largest absolute Gasteiger partial charge is 0.416 e. The van der Waals surface area contributed by atoms with Crippen LogP contribution in [0.5, 0.6) is 0 Å². The van der Waals surface area contributed by atoms with Crippen LogP contribution in [0, 0.1) is 6.92 Å². The van der Waals surface area contributed by atoms with Crippen LogP contribution >= 0.6 is 0 Å². The van der Waals surface area contributed by atoms with Crippen LogP contribution in [-0.4, -0.2) is 48.4 Å². The number of pyridine rings is 1. The molecule has 3 aromatic rings. The van der Waals surface area contributed by atoms with E-state index in [1.807, 2.05) is 13.0 Å². The number of carbonyl (C=O) groups excluding carboxylic acids is 1. The van der Waals surface area contributed by atoms with E-state index < -0.39 is 52.6 Å². The Morgan fingerprint density at radius 1 is 0.976 bits per heavy atom. The van der Waals surface area contributed by atoms with E-state index in [0.29, 0.717) is 29.1 Å². The van der Waals surface area contributed by atoms with Gasteiger partial charge in [0.05, 0.1) is 47.6 Å². The Morgan fingerprint density at radius 3 is 2.10 bits per heavy atom. The number of carbonyl (C=O) groups is 1. The number of amides is 1. The number of hydrogen-bond donors (Lipinski definition) is 1. The third-order valence-electron chi connectivity index (χ3n) is 7.68. The van der Waals surface area contributed by atoms with Crippen molar-refractivity contribution in [3.8, 4) is 11.1 Å². The maximum atomic E-state index is 14.2. The molecule has 2 unspecified atom stereocenters. The third-order valence-corrected chi connectivity index (χ3v) is 7.68. The smallest absolute Gasteiger partial charge is 0.394 e. The molecule has 0 radical (unpaired) electrons. The highest BCUT2D eigenvalue weighted by molar-refractivity contribution is 6.03. The van der Waals surface area contributed by atoms with Crippen LogP contribution in [0.2, 0.25) is 0 Å². The zero-order chi connectivity index (χ0) is 31.2. The first-order valence-electron chi connectivity index (χ1n) is 13.1. The van der Waals surface area contributed by atoms with Gasteiger partial charge in [-0.2, -0.15) is 26.3 Å². The monoisotopic (exact) mass is 597 g/mol. The molecule has 0 bridgehead atoms. The van der Waals surface area contributed by atoms with Gasteiger partial charge in [-0.25, -0.2) is 9.37 Å². The molecule has 1 aliphatic rings. The highest BCUT2D eigenvalue weighted by Crippen LogP contribution is 2.41. The molecule has 2 heterocycles. The number of anilines is 2. The summed E-state index contributed by atoms with van der Waals surface area (Å²) in [7, 11) is 1.37. The molecule has 2 aromatic carbocycles. The van der Waals surface area contributed by atoms with Crippen LogP contribution < -0.4 is 9.80 Å². The van der Waals surface area contributed by atoms with E-state index in [4.69, 9.17) is 0 Å². The van der Waals surface area contributed by atoms with E-state index in [2.05, 4.69) is 4.98 Å². The third kappa shape index (κ3) is 6.08. The lowest BCUT2D eigenvalue weighted by Crippen LogP contribution is -2.42. The minimum absolute atomic E-state index is 0.00364. The predicted octanol–water partition coefficient (Wildman–Crippen LogP) is 6.94. The van der Waals surface area contributed by atoms with Gasteiger partial charge in [0.15, 0.2) is 0 Å². The number of hydrogen-bond acceptors (Lipinski definition) is 4. The molecule has 12 heteroatoms. The number of aryl methyl sites for hydroxylation is 1. The molecule has 1 N–H and O–H groups in total. The van der Waals surface area contributed by atoms with Gasteiger partial charge in [-0.1, -0.05) is 24.3 Å². The van der Waals surface area contributed by atoms with Crippen molar-refractivity contribution < 1.29 is 40.6 Å². The first-order valence-corrected chi connectivity index (χ1v) is 13.1. The maximum Gasteiger partial charge on any atom is 0.416 e. The Kier molecular flexibility index (Phi) is 8.34. The second kappa shape index (κ2) is 11.2. The number of alkyl halides is 7. The van der Waals surface area contributed by atoms with Crippen LogP contribution in [0.1, 0.15) is 42.5 Å². The molecule has 1 aliphatic heterocycles. The lowest BCUT2D eigenvalue weighted by Gasteiger charge is -2.32. The SMILES string of the molecule is Cc1ccccc1-c1cc(N2CC(F)CC2CO)ncc1N(C)C(=O)C(C)(C)c1cc(C(F)(F)F)cc(C(F)(F)F)c1. The van der Waals surface area contributed by atoms with Gasteiger partial charge in [-0.15, -0.1) is 0 Å². The first-order chi connectivity index (χ1) is 19.4. The lowest BCUT2D eigenvalue weighted by molar-refractivity contribution is -0.143. The molecule has 1 aromatic heterocycles. The van der Waals surface area contributed by atoms with Crippen LogP contribution in [0.4, 0.5) is 42.2 Å². The van der Waals surface area contributed by atoms with E-state index in [-0.39, 0.29) is 31.3 Å². The molecule has 1 amide bonds. The van der Waals surface area contributed by atoms with Gasteiger partial charge in [0.25, 0.3) is 0 Å². The van der Waals surface area contributed by atoms with Crippen molar-refractivity contribution >= 4 is 17.4 Å². The van der Waals surface area contributed by atoms with Crippen LogP contribution in [-0.2, 0) is 22.6 Å². The van der Waals surface area contributed by atoms with Crippen molar-refractivity contribution in [1.29, 1.82) is 0 Å². The summed E-state index contributed by atoms with van der Waals surface area (Å²) in [6.07, 6.45) is -9.84. The van der Waals surface area contributed by atoms with Crippen molar-refractivity contribution in [2.75, 3.05) is 30.0 Å². The Labute approximate surface area is 238 Å². The molecule has 1 fully saturated rings. The molecule has 0 aliphatic carbocycles. The van der Waals surface area contributed by atoms with E-state index in [1.165, 1.54) is 27.1 Å². The lowest BCUT2D eigenvalue weighted by atomic mass is 9.81. The molecule has 2 atom stereocenters. The van der Waals surface area contributed by atoms with Crippen LogP contribution in [0.3, 0.4) is 0 Å². The summed E-state index contributed by atoms with van der Waals surface area (Å²) in [4.78, 5) is 21.1. The number of likely N-dealkylation sites (N-methyl/N-ethyl adjacent to an activating group) is 1. The summed E-state index contributed by atoms with van der Waals surface area (Å²) in [6.45, 7) is 4.05. The number of nitrogens with zero attached hydrogens (tertiary/aromatic N) is 3. The van der Waals surface area contributed by atoms with E-state index in [0.717, 1.165) is 10.5 Å². The molecule has 4 rings (SSSR count). The fourth-order valence-electron chi connectivity index (χ4n) is 5.23. The summed E-state index contributed by atoms with van der Waals surface area (Å²) in [5, 5.41) is 9.77. The minimum atomic E-state index is -5.07. The average Bonchev–Trinajstić information content (AvgIpc) is 3.31. The molecule has 0 spiro atoms. The number of benzene rings is 2. The zero-order valence-electron chi connectivity index (χ0n) is 23.3. The Balaban J connectivity index is 1.82. The number of aromatic nitrogens is 1. The van der Waals surface area contributed by atoms with Gasteiger partial charge >= 0.3 is 12.4 Å². The van der Waals surface area contributed by atoms with Gasteiger partial charge in [0.1, 0.15) is 12.0 Å². The van der Waals surface area contributed by atoms with Gasteiger partial charge in [0.2, 0.25) is 5.91 Å². The van der Waals surface area contributed by atoms with Crippen LogP contribution in [0.25, 0.3) is 11.1 Å². The Bertz CT molecular complexity index is 1440. The normalized spacial score (nSPS) is 18.0. The van der Waals surface area contributed by atoms with Gasteiger partial charge in [0, 0.05) is 19.0 Å². The molecule has 226 valence electrons. The fraction of sp³-hybridized carbons (Fsp3) is 0.400. The quantitative estimate of drug-likeness (QED) is 0.313. The van der Waals surface area contributed by atoms with Gasteiger partial charge in [-0.05, 0) is 61.7 Å². The van der Waals surface area contributed by atoms with Gasteiger partial charge < -0.3 is 14.9 Å². The van der Waals surface area contributed by atoms with Crippen molar-refractivity contribution in [3.63, 3.8) is 0 Å². The average molecular weight is 598 g/mol. The number of rotatable bonds is 6. The maximum absolute atomic E-state index is 14.2. The zero-order valence-corrected chi connectivity index (χ0v) is 23.3. The van der Waals surface area contributed by atoms with Crippen molar-refractivity contribution in [2.45, 2.75) is 57.2 Å². The molecular formula is C30H30F7N3O2. The van der Waals surface area contributed by atoms with Gasteiger partial charge in [-0.3, -0.25) is 4.79 Å². The van der Waals surface area contributed by atoms with E-state index in [1.54, 1.807) is 29.2 Å². The summed E-state index contributed by atoms with van der Waals surface area (Å²) >= 11 is 0. The van der Waals surface area contributed by atoms with Crippen LogP contribution in [0.15, 0.2) is 54.7 Å². The highest BCUT2D eigenvalue weighted by atomic mass is 19.4. The topological polar surface area (TPSA) is 56.7 Å². The number of halogens is 7. The molecule has 1 saturated heterocycles. The van der Waals surface area contributed by atoms with E-state index in [9.17, 15) is 40.6 Å². The number of aliphatic hydroxyl groups excluding tert-OH is 1. The van der Waals surface area contributed by atoms with E-state index >= 15 is 0 Å². The highest BCUT2D eigenvalue weighted by Gasteiger charge is 2.41. The molecule has 42 heavy (non-hydrogen) atoms. The summed E-state index contributed by atoms with van der Waals surface area (Å²) in [6, 6.07) is 9.45. The molecule has 5 nitrogen and oxygen atoms in total. The molecule has 0 saturated carbocycles. The Morgan fingerprint density at radius 2 is 1.55 bits per heavy atom. The van der Waals surface area contributed by atoms with Crippen molar-refractivity contribution in [2.24, 2.45) is 0 Å². The second-order valence-corrected chi connectivity index (χ2v) is 11.0. The summed E-state index contributed by atoms with van der Waals surface area (Å²) in [5.41, 5.74) is -3.09. The summed E-state index contributed by atoms with van der Waals surface area (Å²) < 4.78 is 95.6.